The van der Waals surface area contributed by atoms with Crippen molar-refractivity contribution in [1.29, 1.82) is 5.26 Å². The lowest BCUT2D eigenvalue weighted by atomic mass is 10.6. The topological polar surface area (TPSA) is 68.5 Å². The van der Waals surface area contributed by atoms with Crippen LogP contribution in [0.15, 0.2) is 0 Å². The number of nitriles is 1. The Bertz CT molecular complexity index is 294. The SMILES string of the molecule is CCOC(C)(OCC)P(=O)(CCC#N)OCC. The van der Waals surface area contributed by atoms with Crippen molar-refractivity contribution in [2.75, 3.05) is 26.0 Å². The molecule has 100 valence electrons. The third kappa shape index (κ3) is 4.40. The molecule has 0 aromatic rings. The van der Waals surface area contributed by atoms with Crippen molar-refractivity contribution in [2.45, 2.75) is 39.6 Å². The van der Waals surface area contributed by atoms with Crippen LogP contribution in [-0.4, -0.2) is 31.5 Å². The quantitative estimate of drug-likeness (QED) is 0.472. The van der Waals surface area contributed by atoms with E-state index in [1.165, 1.54) is 0 Å². The second-order valence-electron chi connectivity index (χ2n) is 3.49. The molecule has 0 amide bonds. The first-order chi connectivity index (χ1) is 7.99. The van der Waals surface area contributed by atoms with E-state index in [4.69, 9.17) is 19.3 Å². The van der Waals surface area contributed by atoms with Crippen LogP contribution in [0.2, 0.25) is 0 Å². The number of rotatable bonds is 9. The number of hydrogen-bond acceptors (Lipinski definition) is 5. The van der Waals surface area contributed by atoms with E-state index in [0.29, 0.717) is 19.8 Å². The summed E-state index contributed by atoms with van der Waals surface area (Å²) in [6.07, 6.45) is 0.306. The standard InChI is InChI=1S/C11H22NO4P/c1-5-14-11(4,15-6-2)17(13,16-7-3)10-8-9-12/h5-8,10H2,1-4H3. The maximum Gasteiger partial charge on any atom is 0.261 e. The minimum Gasteiger partial charge on any atom is -0.342 e. The van der Waals surface area contributed by atoms with Gasteiger partial charge in [0.1, 0.15) is 0 Å². The van der Waals surface area contributed by atoms with Crippen LogP contribution in [0.25, 0.3) is 0 Å². The third-order valence-electron chi connectivity index (χ3n) is 2.30. The Labute approximate surface area is 103 Å². The minimum absolute atomic E-state index is 0.147. The van der Waals surface area contributed by atoms with E-state index in [1.807, 2.05) is 6.07 Å². The highest BCUT2D eigenvalue weighted by Crippen LogP contribution is 2.60. The van der Waals surface area contributed by atoms with Gasteiger partial charge in [0.05, 0.1) is 12.7 Å². The van der Waals surface area contributed by atoms with Crippen LogP contribution < -0.4 is 0 Å². The van der Waals surface area contributed by atoms with E-state index < -0.39 is 12.9 Å². The van der Waals surface area contributed by atoms with Gasteiger partial charge in [-0.25, -0.2) is 0 Å². The molecule has 0 radical (unpaired) electrons. The highest BCUT2D eigenvalue weighted by atomic mass is 31.2. The van der Waals surface area contributed by atoms with Crippen molar-refractivity contribution in [3.8, 4) is 6.07 Å². The zero-order valence-electron chi connectivity index (χ0n) is 11.1. The van der Waals surface area contributed by atoms with Crippen LogP contribution in [0, 0.1) is 11.3 Å². The van der Waals surface area contributed by atoms with Crippen molar-refractivity contribution in [3.63, 3.8) is 0 Å². The van der Waals surface area contributed by atoms with Gasteiger partial charge in [-0.2, -0.15) is 5.26 Å². The van der Waals surface area contributed by atoms with Gasteiger partial charge in [0.25, 0.3) is 7.37 Å². The molecule has 1 unspecified atom stereocenters. The van der Waals surface area contributed by atoms with Gasteiger partial charge < -0.3 is 14.0 Å². The van der Waals surface area contributed by atoms with E-state index in [1.54, 1.807) is 27.7 Å². The van der Waals surface area contributed by atoms with Crippen LogP contribution in [-0.2, 0) is 18.6 Å². The molecule has 0 spiro atoms. The molecular weight excluding hydrogens is 241 g/mol. The fourth-order valence-corrected chi connectivity index (χ4v) is 3.80. The first-order valence-corrected chi connectivity index (χ1v) is 7.69. The molecule has 0 fully saturated rings. The smallest absolute Gasteiger partial charge is 0.261 e. The van der Waals surface area contributed by atoms with Gasteiger partial charge in [0, 0.05) is 25.8 Å². The fourth-order valence-electron chi connectivity index (χ4n) is 1.56. The molecule has 0 aliphatic carbocycles. The van der Waals surface area contributed by atoms with Gasteiger partial charge in [0.2, 0.25) is 5.53 Å². The lowest BCUT2D eigenvalue weighted by Gasteiger charge is -2.35. The molecule has 0 N–H and O–H groups in total. The fraction of sp³-hybridized carbons (Fsp3) is 0.909. The summed E-state index contributed by atoms with van der Waals surface area (Å²) in [5, 5.41) is 8.62. The molecule has 0 heterocycles. The van der Waals surface area contributed by atoms with Gasteiger partial charge in [-0.05, 0) is 27.7 Å². The summed E-state index contributed by atoms with van der Waals surface area (Å²) in [4.78, 5) is 0. The Morgan fingerprint density at radius 3 is 2.06 bits per heavy atom. The van der Waals surface area contributed by atoms with Crippen molar-refractivity contribution < 1.29 is 18.6 Å². The maximum atomic E-state index is 12.8. The first-order valence-electron chi connectivity index (χ1n) is 5.88. The number of ether oxygens (including phenoxy) is 2. The van der Waals surface area contributed by atoms with Crippen molar-refractivity contribution in [3.05, 3.63) is 0 Å². The van der Waals surface area contributed by atoms with Crippen LogP contribution in [0.1, 0.15) is 34.1 Å². The number of hydrogen-bond donors (Lipinski definition) is 0. The highest BCUT2D eigenvalue weighted by Gasteiger charge is 2.47. The predicted octanol–water partition coefficient (Wildman–Crippen LogP) is 2.96. The molecule has 0 aromatic carbocycles. The van der Waals surface area contributed by atoms with E-state index in [0.717, 1.165) is 0 Å². The molecule has 0 saturated heterocycles. The van der Waals surface area contributed by atoms with E-state index in [9.17, 15) is 4.57 Å². The Hall–Kier alpha value is -0.400. The second kappa shape index (κ2) is 7.84. The maximum absolute atomic E-state index is 12.8. The van der Waals surface area contributed by atoms with E-state index >= 15 is 0 Å². The molecule has 6 heteroatoms. The second-order valence-corrected chi connectivity index (χ2v) is 6.35. The summed E-state index contributed by atoms with van der Waals surface area (Å²) < 4.78 is 29.0. The Morgan fingerprint density at radius 2 is 1.71 bits per heavy atom. The van der Waals surface area contributed by atoms with Crippen LogP contribution in [0.3, 0.4) is 0 Å². The van der Waals surface area contributed by atoms with Gasteiger partial charge in [-0.3, -0.25) is 4.57 Å². The molecular formula is C11H22NO4P. The molecule has 17 heavy (non-hydrogen) atoms. The molecule has 0 aromatic heterocycles. The van der Waals surface area contributed by atoms with Crippen LogP contribution in [0.5, 0.6) is 0 Å². The predicted molar refractivity (Wildman–Crippen MR) is 66.0 cm³/mol. The first kappa shape index (κ1) is 16.6. The Kier molecular flexibility index (Phi) is 7.65. The molecule has 0 aliphatic heterocycles. The van der Waals surface area contributed by atoms with Crippen LogP contribution in [0.4, 0.5) is 0 Å². The summed E-state index contributed by atoms with van der Waals surface area (Å²) in [6.45, 7) is 8.04. The molecule has 0 aliphatic rings. The molecule has 0 rings (SSSR count). The number of nitrogens with zero attached hydrogens (tertiary/aromatic N) is 1. The lowest BCUT2D eigenvalue weighted by Crippen LogP contribution is -2.34. The summed E-state index contributed by atoms with van der Waals surface area (Å²) in [5.41, 5.74) is -1.26. The van der Waals surface area contributed by atoms with Gasteiger partial charge >= 0.3 is 0 Å². The average molecular weight is 263 g/mol. The summed E-state index contributed by atoms with van der Waals surface area (Å²) in [7, 11) is -3.16. The summed E-state index contributed by atoms with van der Waals surface area (Å²) in [6, 6.07) is 1.97. The largest absolute Gasteiger partial charge is 0.342 e. The van der Waals surface area contributed by atoms with Crippen LogP contribution >= 0.6 is 7.37 Å². The summed E-state index contributed by atoms with van der Waals surface area (Å²) in [5.74, 6) is 0. The van der Waals surface area contributed by atoms with Crippen molar-refractivity contribution in [1.82, 2.24) is 0 Å². The van der Waals surface area contributed by atoms with Gasteiger partial charge in [-0.1, -0.05) is 0 Å². The normalized spacial score (nSPS) is 15.2. The Balaban J connectivity index is 5.07. The van der Waals surface area contributed by atoms with Crippen molar-refractivity contribution in [2.24, 2.45) is 0 Å². The minimum atomic E-state index is -3.16. The van der Waals surface area contributed by atoms with Crippen molar-refractivity contribution >= 4 is 7.37 Å². The third-order valence-corrected chi connectivity index (χ3v) is 5.28. The van der Waals surface area contributed by atoms with Gasteiger partial charge in [0.15, 0.2) is 0 Å². The summed E-state index contributed by atoms with van der Waals surface area (Å²) >= 11 is 0. The lowest BCUT2D eigenvalue weighted by molar-refractivity contribution is -0.167. The molecule has 0 bridgehead atoms. The van der Waals surface area contributed by atoms with E-state index in [-0.39, 0.29) is 12.6 Å². The molecule has 0 saturated carbocycles. The molecule has 5 nitrogen and oxygen atoms in total. The Morgan fingerprint density at radius 1 is 1.18 bits per heavy atom. The zero-order valence-corrected chi connectivity index (χ0v) is 12.0. The van der Waals surface area contributed by atoms with Gasteiger partial charge in [-0.15, -0.1) is 0 Å². The zero-order chi connectivity index (χ0) is 13.4. The average Bonchev–Trinajstić information content (AvgIpc) is 2.27. The highest BCUT2D eigenvalue weighted by molar-refractivity contribution is 7.60. The van der Waals surface area contributed by atoms with E-state index in [2.05, 4.69) is 0 Å². The molecule has 1 atom stereocenters. The monoisotopic (exact) mass is 263 g/mol.